The molecular formula is C13H18N2O2. The Hall–Kier alpha value is -1.55. The first-order valence-corrected chi connectivity index (χ1v) is 6.02. The molecule has 4 N–H and O–H groups in total. The van der Waals surface area contributed by atoms with E-state index in [1.807, 2.05) is 0 Å². The average Bonchev–Trinajstić information content (AvgIpc) is 2.32. The van der Waals surface area contributed by atoms with Crippen LogP contribution in [0.2, 0.25) is 0 Å². The summed E-state index contributed by atoms with van der Waals surface area (Å²) in [5.74, 6) is 0.0952. The smallest absolute Gasteiger partial charge is 0.229 e. The Labute approximate surface area is 101 Å². The molecule has 1 aromatic carbocycles. The van der Waals surface area contributed by atoms with E-state index in [2.05, 4.69) is 5.32 Å². The van der Waals surface area contributed by atoms with Crippen LogP contribution in [0.3, 0.4) is 0 Å². The van der Waals surface area contributed by atoms with Crippen LogP contribution in [0.15, 0.2) is 24.3 Å². The van der Waals surface area contributed by atoms with E-state index < -0.39 is 0 Å². The molecule has 1 saturated carbocycles. The molecule has 1 amide bonds. The topological polar surface area (TPSA) is 75.4 Å². The fourth-order valence-electron chi connectivity index (χ4n) is 2.26. The fourth-order valence-corrected chi connectivity index (χ4v) is 2.26. The lowest BCUT2D eigenvalue weighted by Gasteiger charge is -2.27. The Bertz CT molecular complexity index is 389. The van der Waals surface area contributed by atoms with Crippen molar-refractivity contribution in [3.05, 3.63) is 24.3 Å². The summed E-state index contributed by atoms with van der Waals surface area (Å²) in [5.41, 5.74) is 6.66. The average molecular weight is 234 g/mol. The molecule has 17 heavy (non-hydrogen) atoms. The SMILES string of the molecule is NC1CCCCC1C(=O)Nc1ccc(O)cc1. The van der Waals surface area contributed by atoms with Gasteiger partial charge in [0.15, 0.2) is 0 Å². The van der Waals surface area contributed by atoms with Crippen LogP contribution in [-0.4, -0.2) is 17.1 Å². The van der Waals surface area contributed by atoms with Crippen LogP contribution in [-0.2, 0) is 4.79 Å². The highest BCUT2D eigenvalue weighted by Gasteiger charge is 2.28. The molecule has 0 heterocycles. The number of nitrogens with one attached hydrogen (secondary N) is 1. The van der Waals surface area contributed by atoms with Gasteiger partial charge >= 0.3 is 0 Å². The summed E-state index contributed by atoms with van der Waals surface area (Å²) in [6, 6.07) is 6.44. The number of hydrogen-bond donors (Lipinski definition) is 3. The second-order valence-corrected chi connectivity index (χ2v) is 4.59. The zero-order valence-electron chi connectivity index (χ0n) is 9.73. The Balaban J connectivity index is 1.98. The van der Waals surface area contributed by atoms with Gasteiger partial charge in [-0.2, -0.15) is 0 Å². The van der Waals surface area contributed by atoms with Crippen LogP contribution in [0.1, 0.15) is 25.7 Å². The molecule has 2 unspecified atom stereocenters. The van der Waals surface area contributed by atoms with Gasteiger partial charge in [-0.15, -0.1) is 0 Å². The van der Waals surface area contributed by atoms with Crippen molar-refractivity contribution >= 4 is 11.6 Å². The number of benzene rings is 1. The number of nitrogens with two attached hydrogens (primary N) is 1. The Morgan fingerprint density at radius 1 is 1.24 bits per heavy atom. The van der Waals surface area contributed by atoms with Crippen LogP contribution >= 0.6 is 0 Å². The molecular weight excluding hydrogens is 216 g/mol. The van der Waals surface area contributed by atoms with E-state index in [1.54, 1.807) is 24.3 Å². The Morgan fingerprint density at radius 2 is 1.88 bits per heavy atom. The van der Waals surface area contributed by atoms with Gasteiger partial charge in [0.2, 0.25) is 5.91 Å². The van der Waals surface area contributed by atoms with Gasteiger partial charge in [-0.25, -0.2) is 0 Å². The lowest BCUT2D eigenvalue weighted by atomic mass is 9.84. The number of phenolic OH excluding ortho intramolecular Hbond substituents is 1. The number of carbonyl (C=O) groups excluding carboxylic acids is 1. The van der Waals surface area contributed by atoms with E-state index in [1.165, 1.54) is 0 Å². The minimum absolute atomic E-state index is 0.0112. The molecule has 0 bridgehead atoms. The highest BCUT2D eigenvalue weighted by atomic mass is 16.3. The second-order valence-electron chi connectivity index (χ2n) is 4.59. The second kappa shape index (κ2) is 5.19. The number of hydrogen-bond acceptors (Lipinski definition) is 3. The number of carbonyl (C=O) groups is 1. The summed E-state index contributed by atoms with van der Waals surface area (Å²) >= 11 is 0. The summed E-state index contributed by atoms with van der Waals surface area (Å²) in [6.07, 6.45) is 3.98. The quantitative estimate of drug-likeness (QED) is 0.683. The van der Waals surface area contributed by atoms with Crippen molar-refractivity contribution in [3.63, 3.8) is 0 Å². The highest BCUT2D eigenvalue weighted by Crippen LogP contribution is 2.24. The Kier molecular flexibility index (Phi) is 3.64. The number of aromatic hydroxyl groups is 1. The largest absolute Gasteiger partial charge is 0.508 e. The zero-order chi connectivity index (χ0) is 12.3. The van der Waals surface area contributed by atoms with E-state index in [0.717, 1.165) is 25.7 Å². The maximum atomic E-state index is 12.0. The fraction of sp³-hybridized carbons (Fsp3) is 0.462. The molecule has 0 aliphatic heterocycles. The van der Waals surface area contributed by atoms with Crippen molar-refractivity contribution in [1.82, 2.24) is 0 Å². The highest BCUT2D eigenvalue weighted by molar-refractivity contribution is 5.93. The molecule has 2 rings (SSSR count). The molecule has 0 aromatic heterocycles. The minimum Gasteiger partial charge on any atom is -0.508 e. The first kappa shape index (κ1) is 11.9. The van der Waals surface area contributed by atoms with Crippen molar-refractivity contribution < 1.29 is 9.90 Å². The first-order valence-electron chi connectivity index (χ1n) is 6.02. The molecule has 0 spiro atoms. The van der Waals surface area contributed by atoms with Gasteiger partial charge in [0.25, 0.3) is 0 Å². The molecule has 1 aromatic rings. The third-order valence-corrected chi connectivity index (χ3v) is 3.29. The van der Waals surface area contributed by atoms with Gasteiger partial charge in [0.05, 0.1) is 5.92 Å². The number of anilines is 1. The van der Waals surface area contributed by atoms with Gasteiger partial charge in [0.1, 0.15) is 5.75 Å². The van der Waals surface area contributed by atoms with Crippen LogP contribution in [0.25, 0.3) is 0 Å². The number of amides is 1. The molecule has 4 heteroatoms. The van der Waals surface area contributed by atoms with Crippen LogP contribution in [0.5, 0.6) is 5.75 Å². The van der Waals surface area contributed by atoms with Crippen LogP contribution < -0.4 is 11.1 Å². The number of rotatable bonds is 2. The summed E-state index contributed by atoms with van der Waals surface area (Å²) in [7, 11) is 0. The molecule has 0 radical (unpaired) electrons. The third-order valence-electron chi connectivity index (χ3n) is 3.29. The lowest BCUT2D eigenvalue weighted by molar-refractivity contribution is -0.121. The van der Waals surface area contributed by atoms with Crippen LogP contribution in [0.4, 0.5) is 5.69 Å². The predicted molar refractivity (Wildman–Crippen MR) is 66.7 cm³/mol. The standard InChI is InChI=1S/C13H18N2O2/c14-12-4-2-1-3-11(12)13(17)15-9-5-7-10(16)8-6-9/h5-8,11-12,16H,1-4,14H2,(H,15,17). The molecule has 4 nitrogen and oxygen atoms in total. The van der Waals surface area contributed by atoms with E-state index >= 15 is 0 Å². The summed E-state index contributed by atoms with van der Waals surface area (Å²) in [6.45, 7) is 0. The normalized spacial score (nSPS) is 24.3. The van der Waals surface area contributed by atoms with E-state index in [9.17, 15) is 4.79 Å². The maximum absolute atomic E-state index is 12.0. The van der Waals surface area contributed by atoms with Gasteiger partial charge in [-0.3, -0.25) is 4.79 Å². The van der Waals surface area contributed by atoms with Gasteiger partial charge in [-0.05, 0) is 37.1 Å². The minimum atomic E-state index is -0.0856. The van der Waals surface area contributed by atoms with Gasteiger partial charge in [0, 0.05) is 11.7 Å². The lowest BCUT2D eigenvalue weighted by Crippen LogP contribution is -2.40. The van der Waals surface area contributed by atoms with E-state index in [0.29, 0.717) is 5.69 Å². The maximum Gasteiger partial charge on any atom is 0.229 e. The van der Waals surface area contributed by atoms with Crippen LogP contribution in [0, 0.1) is 5.92 Å². The molecule has 1 aliphatic rings. The molecule has 1 fully saturated rings. The van der Waals surface area contributed by atoms with Crippen molar-refractivity contribution in [1.29, 1.82) is 0 Å². The zero-order valence-corrected chi connectivity index (χ0v) is 9.73. The van der Waals surface area contributed by atoms with Gasteiger partial charge in [-0.1, -0.05) is 12.8 Å². The summed E-state index contributed by atoms with van der Waals surface area (Å²) in [5, 5.41) is 12.0. The van der Waals surface area contributed by atoms with Gasteiger partial charge < -0.3 is 16.2 Å². The van der Waals surface area contributed by atoms with Crippen molar-refractivity contribution in [2.24, 2.45) is 11.7 Å². The van der Waals surface area contributed by atoms with E-state index in [-0.39, 0.29) is 23.6 Å². The summed E-state index contributed by atoms with van der Waals surface area (Å²) in [4.78, 5) is 12.0. The number of phenols is 1. The molecule has 0 saturated heterocycles. The van der Waals surface area contributed by atoms with Crippen molar-refractivity contribution in [2.75, 3.05) is 5.32 Å². The predicted octanol–water partition coefficient (Wildman–Crippen LogP) is 1.85. The molecule has 1 aliphatic carbocycles. The molecule has 2 atom stereocenters. The monoisotopic (exact) mass is 234 g/mol. The molecule has 92 valence electrons. The van der Waals surface area contributed by atoms with Crippen molar-refractivity contribution in [3.8, 4) is 5.75 Å². The Morgan fingerprint density at radius 3 is 2.53 bits per heavy atom. The van der Waals surface area contributed by atoms with Crippen molar-refractivity contribution in [2.45, 2.75) is 31.7 Å². The summed E-state index contributed by atoms with van der Waals surface area (Å²) < 4.78 is 0. The first-order chi connectivity index (χ1) is 8.16. The third kappa shape index (κ3) is 2.97. The van der Waals surface area contributed by atoms with E-state index in [4.69, 9.17) is 10.8 Å².